The zero-order valence-electron chi connectivity index (χ0n) is 18.9. The van der Waals surface area contributed by atoms with Crippen LogP contribution in [0.4, 0.5) is 21.6 Å². The van der Waals surface area contributed by atoms with Gasteiger partial charge in [-0.05, 0) is 31.5 Å². The lowest BCUT2D eigenvalue weighted by Crippen LogP contribution is -2.32. The number of aryl methyl sites for hydroxylation is 1. The van der Waals surface area contributed by atoms with Gasteiger partial charge in [-0.1, -0.05) is 0 Å². The van der Waals surface area contributed by atoms with Crippen LogP contribution in [0.25, 0.3) is 10.9 Å². The Hall–Kier alpha value is -3.02. The summed E-state index contributed by atoms with van der Waals surface area (Å²) in [6.07, 6.45) is 3.26. The second-order valence-corrected chi connectivity index (χ2v) is 9.28. The average Bonchev–Trinajstić information content (AvgIpc) is 3.40. The van der Waals surface area contributed by atoms with Crippen molar-refractivity contribution in [3.8, 4) is 11.5 Å². The Labute approximate surface area is 197 Å². The van der Waals surface area contributed by atoms with Crippen molar-refractivity contribution in [2.75, 3.05) is 31.9 Å². The predicted octanol–water partition coefficient (Wildman–Crippen LogP) is 3.69. The minimum absolute atomic E-state index is 0.00812. The van der Waals surface area contributed by atoms with Crippen LogP contribution in [0.5, 0.6) is 11.5 Å². The molecule has 0 spiro atoms. The highest BCUT2D eigenvalue weighted by Gasteiger charge is 2.43. The van der Waals surface area contributed by atoms with E-state index in [0.717, 1.165) is 12.0 Å². The summed E-state index contributed by atoms with van der Waals surface area (Å²) >= 11 is 0. The van der Waals surface area contributed by atoms with E-state index in [-0.39, 0.29) is 18.3 Å². The van der Waals surface area contributed by atoms with Gasteiger partial charge in [0.1, 0.15) is 41.3 Å². The average molecular weight is 489 g/mol. The molecule has 0 radical (unpaired) electrons. The summed E-state index contributed by atoms with van der Waals surface area (Å²) in [5.74, 6) is 0.880. The smallest absolute Gasteiger partial charge is 0.151 e. The van der Waals surface area contributed by atoms with Gasteiger partial charge in [0.15, 0.2) is 6.10 Å². The number of hydrogen-bond acceptors (Lipinski definition) is 9. The van der Waals surface area contributed by atoms with E-state index in [2.05, 4.69) is 19.6 Å². The summed E-state index contributed by atoms with van der Waals surface area (Å²) in [4.78, 5) is 8.77. The molecule has 1 unspecified atom stereocenters. The first-order valence-electron chi connectivity index (χ1n) is 10.9. The number of thiol groups is 1. The van der Waals surface area contributed by atoms with Gasteiger partial charge >= 0.3 is 0 Å². The second-order valence-electron chi connectivity index (χ2n) is 8.15. The molecule has 0 bridgehead atoms. The molecule has 2 saturated heterocycles. The van der Waals surface area contributed by atoms with Crippen molar-refractivity contribution >= 4 is 38.7 Å². The van der Waals surface area contributed by atoms with Crippen LogP contribution in [0.2, 0.25) is 0 Å². The molecule has 1 N–H and O–H groups in total. The van der Waals surface area contributed by atoms with Gasteiger partial charge in [-0.3, -0.25) is 4.21 Å². The van der Waals surface area contributed by atoms with Gasteiger partial charge < -0.3 is 24.3 Å². The van der Waals surface area contributed by atoms with Crippen molar-refractivity contribution < 1.29 is 27.5 Å². The first-order chi connectivity index (χ1) is 16.4. The number of aromatic nitrogens is 2. The van der Waals surface area contributed by atoms with E-state index in [4.69, 9.17) is 18.9 Å². The first-order valence-corrected chi connectivity index (χ1v) is 12.5. The predicted molar refractivity (Wildman–Crippen MR) is 127 cm³/mol. The molecule has 2 aromatic carbocycles. The molecular formula is C23H25FN4O5S. The van der Waals surface area contributed by atoms with Crippen LogP contribution >= 0.6 is 0 Å². The van der Waals surface area contributed by atoms with Gasteiger partial charge in [0.2, 0.25) is 0 Å². The Bertz CT molecular complexity index is 1330. The van der Waals surface area contributed by atoms with E-state index in [9.17, 15) is 8.60 Å². The largest absolute Gasteiger partial charge is 0.494 e. The number of anilines is 2. The highest BCUT2D eigenvalue weighted by Crippen LogP contribution is 2.40. The minimum atomic E-state index is -1.77. The number of nitrogens with zero attached hydrogens (tertiary/aromatic N) is 3. The fraction of sp³-hybridized carbons (Fsp3) is 0.391. The molecule has 180 valence electrons. The Balaban J connectivity index is 1.53. The van der Waals surface area contributed by atoms with Crippen molar-refractivity contribution in [1.82, 2.24) is 9.97 Å². The Morgan fingerprint density at radius 1 is 1.26 bits per heavy atom. The van der Waals surface area contributed by atoms with Crippen LogP contribution in [0.1, 0.15) is 12.0 Å². The van der Waals surface area contributed by atoms with E-state index in [0.29, 0.717) is 52.8 Å². The number of rotatable bonds is 6. The number of nitrogens with one attached hydrogen (secondary N) is 1. The van der Waals surface area contributed by atoms with E-state index < -0.39 is 16.4 Å². The number of ether oxygens (including phenoxy) is 4. The van der Waals surface area contributed by atoms with Gasteiger partial charge in [0, 0.05) is 40.5 Å². The molecule has 2 aliphatic rings. The molecule has 0 saturated carbocycles. The molecule has 5 rings (SSSR count). The summed E-state index contributed by atoms with van der Waals surface area (Å²) in [5.41, 5.74) is 2.32. The molecule has 0 aliphatic carbocycles. The highest BCUT2D eigenvalue weighted by molar-refractivity contribution is 7.74. The molecule has 4 atom stereocenters. The lowest BCUT2D eigenvalue weighted by Gasteiger charge is -2.21. The van der Waals surface area contributed by atoms with Crippen LogP contribution in [0.3, 0.4) is 0 Å². The minimum Gasteiger partial charge on any atom is -0.494 e. The molecule has 2 aliphatic heterocycles. The van der Waals surface area contributed by atoms with E-state index in [1.54, 1.807) is 12.1 Å². The molecular weight excluding hydrogens is 463 g/mol. The van der Waals surface area contributed by atoms with Crippen molar-refractivity contribution in [3.05, 3.63) is 42.0 Å². The normalized spacial score (nSPS) is 22.6. The third-order valence-corrected chi connectivity index (χ3v) is 6.44. The summed E-state index contributed by atoms with van der Waals surface area (Å²) in [6.45, 7) is 2.86. The van der Waals surface area contributed by atoms with Gasteiger partial charge in [0.25, 0.3) is 0 Å². The molecule has 0 amide bonds. The number of halogens is 1. The third kappa shape index (κ3) is 4.26. The van der Waals surface area contributed by atoms with Crippen LogP contribution < -0.4 is 14.8 Å². The molecule has 11 heteroatoms. The monoisotopic (exact) mass is 488 g/mol. The Morgan fingerprint density at radius 2 is 2.12 bits per heavy atom. The van der Waals surface area contributed by atoms with Crippen LogP contribution in [0, 0.1) is 12.7 Å². The van der Waals surface area contributed by atoms with Gasteiger partial charge in [0.05, 0.1) is 31.0 Å². The Kier molecular flexibility index (Phi) is 6.24. The fourth-order valence-corrected chi connectivity index (χ4v) is 4.93. The first kappa shape index (κ1) is 22.8. The lowest BCUT2D eigenvalue weighted by molar-refractivity contribution is 0.0310. The zero-order valence-corrected chi connectivity index (χ0v) is 19.8. The number of methoxy groups -OCH3 is 1. The molecule has 34 heavy (non-hydrogen) atoms. The second kappa shape index (κ2) is 9.32. The number of hydrogen-bond donors (Lipinski definition) is 2. The zero-order chi connectivity index (χ0) is 23.8. The molecule has 2 fully saturated rings. The van der Waals surface area contributed by atoms with Gasteiger partial charge in [-0.15, -0.1) is 0 Å². The molecule has 3 heterocycles. The van der Waals surface area contributed by atoms with Crippen molar-refractivity contribution in [2.45, 2.75) is 31.7 Å². The summed E-state index contributed by atoms with van der Waals surface area (Å²) < 4.78 is 53.3. The van der Waals surface area contributed by atoms with Gasteiger partial charge in [-0.2, -0.15) is 4.36 Å². The number of benzene rings is 2. The lowest BCUT2D eigenvalue weighted by atomic mass is 10.1. The summed E-state index contributed by atoms with van der Waals surface area (Å²) in [6, 6.07) is 5.98. The summed E-state index contributed by atoms with van der Waals surface area (Å²) in [5, 5.41) is 3.96. The van der Waals surface area contributed by atoms with E-state index in [1.165, 1.54) is 31.8 Å². The number of fused-ring (bicyclic) bond motifs is 2. The maximum Gasteiger partial charge on any atom is 0.151 e. The highest BCUT2D eigenvalue weighted by atomic mass is 32.2. The SMILES string of the molecule is COc1c(/N=[SH](/C)=O)cc2ncnc(Nc3ccc(F)cc3O[C@@H]3CO[C@@H]4CCO[C@@H]43)c2c1C. The Morgan fingerprint density at radius 3 is 2.91 bits per heavy atom. The standard InChI is InChI=1S/C23H25FN4O5S/c1-12-20-15(9-16(21(12)30-2)28-34(3)29)25-11-26-23(20)27-14-5-4-13(24)8-18(14)33-19-10-32-17-6-7-31-22(17)19/h4-5,8-9,11,17,19,22,34H,6-7,10H2,1-3H3,(H,25,26,27)/t17-,19-,22+/m1/s1. The fourth-order valence-electron chi connectivity index (χ4n) is 4.48. The van der Waals surface area contributed by atoms with Crippen LogP contribution in [-0.2, 0) is 20.1 Å². The van der Waals surface area contributed by atoms with Gasteiger partial charge in [-0.25, -0.2) is 14.4 Å². The van der Waals surface area contributed by atoms with E-state index >= 15 is 0 Å². The van der Waals surface area contributed by atoms with Crippen molar-refractivity contribution in [2.24, 2.45) is 4.36 Å². The summed E-state index contributed by atoms with van der Waals surface area (Å²) in [7, 11) is -0.240. The maximum atomic E-state index is 14.1. The molecule has 9 nitrogen and oxygen atoms in total. The quantitative estimate of drug-likeness (QED) is 0.507. The van der Waals surface area contributed by atoms with Crippen LogP contribution in [0.15, 0.2) is 35.0 Å². The maximum absolute atomic E-state index is 14.1. The van der Waals surface area contributed by atoms with Crippen molar-refractivity contribution in [3.63, 3.8) is 0 Å². The van der Waals surface area contributed by atoms with Crippen molar-refractivity contribution in [1.29, 1.82) is 0 Å². The topological polar surface area (TPSA) is 104 Å². The van der Waals surface area contributed by atoms with Crippen LogP contribution in [-0.4, -0.2) is 59.1 Å². The molecule has 3 aromatic rings. The third-order valence-electron chi connectivity index (χ3n) is 5.95. The van der Waals surface area contributed by atoms with E-state index in [1.807, 2.05) is 6.92 Å². The molecule has 1 aromatic heterocycles.